The van der Waals surface area contributed by atoms with Crippen LogP contribution < -0.4 is 10.2 Å². The quantitative estimate of drug-likeness (QED) is 0.855. The van der Waals surface area contributed by atoms with Gasteiger partial charge in [0.25, 0.3) is 0 Å². The molecule has 1 N–H and O–H groups in total. The molecule has 98 valence electrons. The minimum atomic E-state index is -0.179. The highest BCUT2D eigenvalue weighted by Gasteiger charge is 2.39. The molecule has 5 heteroatoms. The van der Waals surface area contributed by atoms with Crippen molar-refractivity contribution in [3.63, 3.8) is 0 Å². The first-order valence-corrected chi connectivity index (χ1v) is 6.32. The van der Waals surface area contributed by atoms with Gasteiger partial charge in [-0.2, -0.15) is 5.10 Å². The molecule has 2 heterocycles. The van der Waals surface area contributed by atoms with Gasteiger partial charge in [0.2, 0.25) is 5.91 Å². The SMILES string of the molecule is CNC1C(=O)N(c2cccnn2)CCCC1(C)C. The molecule has 1 aromatic heterocycles. The number of carbonyl (C=O) groups excluding carboxylic acids is 1. The summed E-state index contributed by atoms with van der Waals surface area (Å²) in [5, 5.41) is 11.0. The number of likely N-dealkylation sites (N-methyl/N-ethyl adjacent to an activating group) is 1. The second-order valence-corrected chi connectivity index (χ2v) is 5.39. The zero-order valence-electron chi connectivity index (χ0n) is 11.2. The zero-order valence-corrected chi connectivity index (χ0v) is 11.2. The van der Waals surface area contributed by atoms with E-state index >= 15 is 0 Å². The van der Waals surface area contributed by atoms with Gasteiger partial charge in [0.1, 0.15) is 0 Å². The maximum atomic E-state index is 12.6. The molecule has 2 rings (SSSR count). The first-order chi connectivity index (χ1) is 8.56. The second-order valence-electron chi connectivity index (χ2n) is 5.39. The van der Waals surface area contributed by atoms with Crippen molar-refractivity contribution < 1.29 is 4.79 Å². The van der Waals surface area contributed by atoms with Crippen molar-refractivity contribution in [2.24, 2.45) is 5.41 Å². The second kappa shape index (κ2) is 5.02. The molecule has 1 unspecified atom stereocenters. The zero-order chi connectivity index (χ0) is 13.2. The van der Waals surface area contributed by atoms with Crippen LogP contribution in [0.4, 0.5) is 5.82 Å². The van der Waals surface area contributed by atoms with Crippen molar-refractivity contribution in [3.8, 4) is 0 Å². The van der Waals surface area contributed by atoms with Crippen LogP contribution in [0.25, 0.3) is 0 Å². The van der Waals surface area contributed by atoms with E-state index in [1.54, 1.807) is 17.2 Å². The molecule has 1 fully saturated rings. The highest BCUT2D eigenvalue weighted by atomic mass is 16.2. The van der Waals surface area contributed by atoms with Gasteiger partial charge in [-0.25, -0.2) is 0 Å². The molecule has 0 bridgehead atoms. The van der Waals surface area contributed by atoms with Crippen LogP contribution in [0.2, 0.25) is 0 Å². The lowest BCUT2D eigenvalue weighted by Gasteiger charge is -2.32. The van der Waals surface area contributed by atoms with Crippen molar-refractivity contribution in [1.82, 2.24) is 15.5 Å². The van der Waals surface area contributed by atoms with E-state index in [0.29, 0.717) is 12.4 Å². The van der Waals surface area contributed by atoms with Gasteiger partial charge in [0.15, 0.2) is 5.82 Å². The van der Waals surface area contributed by atoms with E-state index in [9.17, 15) is 4.79 Å². The summed E-state index contributed by atoms with van der Waals surface area (Å²) in [6, 6.07) is 3.46. The van der Waals surface area contributed by atoms with Gasteiger partial charge in [-0.1, -0.05) is 13.8 Å². The van der Waals surface area contributed by atoms with Crippen LogP contribution in [0.15, 0.2) is 18.3 Å². The van der Waals surface area contributed by atoms with Crippen LogP contribution in [0.3, 0.4) is 0 Å². The summed E-state index contributed by atoms with van der Waals surface area (Å²) in [5.74, 6) is 0.723. The largest absolute Gasteiger partial charge is 0.308 e. The fraction of sp³-hybridized carbons (Fsp3) is 0.615. The average Bonchev–Trinajstić information content (AvgIpc) is 2.46. The van der Waals surface area contributed by atoms with Gasteiger partial charge >= 0.3 is 0 Å². The van der Waals surface area contributed by atoms with E-state index in [1.165, 1.54) is 0 Å². The Morgan fingerprint density at radius 1 is 1.50 bits per heavy atom. The van der Waals surface area contributed by atoms with Crippen molar-refractivity contribution in [2.45, 2.75) is 32.7 Å². The summed E-state index contributed by atoms with van der Waals surface area (Å²) in [6.45, 7) is 4.97. The molecular weight excluding hydrogens is 228 g/mol. The number of anilines is 1. The fourth-order valence-corrected chi connectivity index (χ4v) is 2.62. The highest BCUT2D eigenvalue weighted by molar-refractivity contribution is 5.97. The lowest BCUT2D eigenvalue weighted by Crippen LogP contribution is -2.51. The predicted octanol–water partition coefficient (Wildman–Crippen LogP) is 1.22. The summed E-state index contributed by atoms with van der Waals surface area (Å²) in [7, 11) is 1.84. The third-order valence-electron chi connectivity index (χ3n) is 3.62. The third-order valence-corrected chi connectivity index (χ3v) is 3.62. The average molecular weight is 248 g/mol. The normalized spacial score (nSPS) is 23.8. The Kier molecular flexibility index (Phi) is 3.61. The number of nitrogens with one attached hydrogen (secondary N) is 1. The molecule has 1 saturated heterocycles. The van der Waals surface area contributed by atoms with Crippen molar-refractivity contribution in [1.29, 1.82) is 0 Å². The minimum Gasteiger partial charge on any atom is -0.308 e. The summed E-state index contributed by atoms with van der Waals surface area (Å²) in [5.41, 5.74) is -0.0389. The van der Waals surface area contributed by atoms with E-state index < -0.39 is 0 Å². The van der Waals surface area contributed by atoms with E-state index in [1.807, 2.05) is 13.1 Å². The lowest BCUT2D eigenvalue weighted by atomic mass is 9.80. The maximum Gasteiger partial charge on any atom is 0.245 e. The number of rotatable bonds is 2. The summed E-state index contributed by atoms with van der Waals surface area (Å²) in [6.07, 6.45) is 3.61. The summed E-state index contributed by atoms with van der Waals surface area (Å²) < 4.78 is 0. The van der Waals surface area contributed by atoms with Crippen LogP contribution in [0, 0.1) is 5.41 Å². The van der Waals surface area contributed by atoms with Crippen LogP contribution >= 0.6 is 0 Å². The molecule has 1 aliphatic heterocycles. The van der Waals surface area contributed by atoms with Crippen molar-refractivity contribution >= 4 is 11.7 Å². The van der Waals surface area contributed by atoms with E-state index in [2.05, 4.69) is 29.4 Å². The minimum absolute atomic E-state index is 0.0389. The van der Waals surface area contributed by atoms with Gasteiger partial charge in [0, 0.05) is 12.7 Å². The Hall–Kier alpha value is -1.49. The predicted molar refractivity (Wildman–Crippen MR) is 70.2 cm³/mol. The van der Waals surface area contributed by atoms with Crippen molar-refractivity contribution in [3.05, 3.63) is 18.3 Å². The standard InChI is InChI=1S/C13H20N4O/c1-13(2)7-5-9-17(12(18)11(13)14-3)10-6-4-8-15-16-10/h4,6,8,11,14H,5,7,9H2,1-3H3. The van der Waals surface area contributed by atoms with Gasteiger partial charge in [-0.05, 0) is 37.4 Å². The molecule has 18 heavy (non-hydrogen) atoms. The first-order valence-electron chi connectivity index (χ1n) is 6.32. The molecular formula is C13H20N4O. The maximum absolute atomic E-state index is 12.6. The lowest BCUT2D eigenvalue weighted by molar-refractivity contribution is -0.122. The van der Waals surface area contributed by atoms with Gasteiger partial charge in [0.05, 0.1) is 6.04 Å². The number of hydrogen-bond acceptors (Lipinski definition) is 4. The van der Waals surface area contributed by atoms with Gasteiger partial charge in [-0.3, -0.25) is 9.69 Å². The number of amides is 1. The Bertz CT molecular complexity index is 418. The Morgan fingerprint density at radius 3 is 2.89 bits per heavy atom. The third kappa shape index (κ3) is 2.36. The monoisotopic (exact) mass is 248 g/mol. The summed E-state index contributed by atoms with van der Waals surface area (Å²) >= 11 is 0. The van der Waals surface area contributed by atoms with Crippen LogP contribution in [0.5, 0.6) is 0 Å². The van der Waals surface area contributed by atoms with Gasteiger partial charge < -0.3 is 5.32 Å². The Labute approximate surface area is 108 Å². The molecule has 0 radical (unpaired) electrons. The van der Waals surface area contributed by atoms with Crippen LogP contribution in [-0.4, -0.2) is 35.7 Å². The van der Waals surface area contributed by atoms with E-state index in [-0.39, 0.29) is 17.4 Å². The molecule has 0 aromatic carbocycles. The first kappa shape index (κ1) is 13.0. The number of aromatic nitrogens is 2. The molecule has 0 aliphatic carbocycles. The molecule has 1 aliphatic rings. The molecule has 1 amide bonds. The molecule has 5 nitrogen and oxygen atoms in total. The molecule has 1 atom stereocenters. The smallest absolute Gasteiger partial charge is 0.245 e. The number of hydrogen-bond donors (Lipinski definition) is 1. The van der Waals surface area contributed by atoms with Gasteiger partial charge in [-0.15, -0.1) is 5.10 Å². The fourth-order valence-electron chi connectivity index (χ4n) is 2.62. The van der Waals surface area contributed by atoms with Crippen molar-refractivity contribution in [2.75, 3.05) is 18.5 Å². The topological polar surface area (TPSA) is 58.1 Å². The Morgan fingerprint density at radius 2 is 2.28 bits per heavy atom. The van der Waals surface area contributed by atoms with E-state index in [4.69, 9.17) is 0 Å². The van der Waals surface area contributed by atoms with E-state index in [0.717, 1.165) is 12.8 Å². The molecule has 0 saturated carbocycles. The van der Waals surface area contributed by atoms with Crippen LogP contribution in [-0.2, 0) is 4.79 Å². The number of carbonyl (C=O) groups is 1. The summed E-state index contributed by atoms with van der Waals surface area (Å²) in [4.78, 5) is 14.3. The molecule has 1 aromatic rings. The van der Waals surface area contributed by atoms with Crippen LogP contribution in [0.1, 0.15) is 26.7 Å². The molecule has 0 spiro atoms. The Balaban J connectivity index is 2.31. The number of nitrogens with zero attached hydrogens (tertiary/aromatic N) is 3. The highest BCUT2D eigenvalue weighted by Crippen LogP contribution is 2.32.